The van der Waals surface area contributed by atoms with Crippen LogP contribution in [0.15, 0.2) is 24.4 Å². The number of aryl methyl sites for hydroxylation is 1. The third kappa shape index (κ3) is 1.58. The van der Waals surface area contributed by atoms with Crippen molar-refractivity contribution in [1.82, 2.24) is 4.98 Å². The van der Waals surface area contributed by atoms with E-state index in [1.165, 1.54) is 0 Å². The van der Waals surface area contributed by atoms with E-state index in [9.17, 15) is 4.79 Å². The Morgan fingerprint density at radius 2 is 2.19 bits per heavy atom. The van der Waals surface area contributed by atoms with Crippen LogP contribution in [0.3, 0.4) is 0 Å². The van der Waals surface area contributed by atoms with Crippen LogP contribution in [0.2, 0.25) is 0 Å². The average Bonchev–Trinajstić information content (AvgIpc) is 2.28. The van der Waals surface area contributed by atoms with Gasteiger partial charge in [0.25, 0.3) is 0 Å². The molecule has 0 fully saturated rings. The smallest absolute Gasteiger partial charge is 0.335 e. The maximum Gasteiger partial charge on any atom is 0.335 e. The second kappa shape index (κ2) is 3.81. The molecule has 1 aromatic heterocycles. The SMILES string of the molecule is COc1ccnc2c(C)cc(C(=O)O)cc12. The highest BCUT2D eigenvalue weighted by molar-refractivity contribution is 5.96. The summed E-state index contributed by atoms with van der Waals surface area (Å²) in [6, 6.07) is 4.90. The standard InChI is InChI=1S/C12H11NO3/c1-7-5-8(12(14)15)6-9-10(16-2)3-4-13-11(7)9/h3-6H,1-2H3,(H,14,15). The molecular weight excluding hydrogens is 206 g/mol. The molecule has 0 radical (unpaired) electrons. The lowest BCUT2D eigenvalue weighted by Gasteiger charge is -2.07. The Labute approximate surface area is 92.5 Å². The van der Waals surface area contributed by atoms with Crippen molar-refractivity contribution >= 4 is 16.9 Å². The minimum absolute atomic E-state index is 0.247. The van der Waals surface area contributed by atoms with E-state index in [0.29, 0.717) is 5.75 Å². The number of carboxylic acids is 1. The number of fused-ring (bicyclic) bond motifs is 1. The molecule has 0 atom stereocenters. The summed E-state index contributed by atoms with van der Waals surface area (Å²) in [6.07, 6.45) is 1.65. The first kappa shape index (κ1) is 10.4. The molecule has 0 saturated heterocycles. The Balaban J connectivity index is 2.82. The lowest BCUT2D eigenvalue weighted by Crippen LogP contribution is -1.98. The molecule has 1 heterocycles. The van der Waals surface area contributed by atoms with Crippen LogP contribution < -0.4 is 4.74 Å². The molecule has 0 aliphatic heterocycles. The third-order valence-electron chi connectivity index (χ3n) is 2.46. The van der Waals surface area contributed by atoms with Gasteiger partial charge in [-0.1, -0.05) is 0 Å². The van der Waals surface area contributed by atoms with E-state index in [4.69, 9.17) is 9.84 Å². The highest BCUT2D eigenvalue weighted by Gasteiger charge is 2.10. The number of ether oxygens (including phenoxy) is 1. The molecule has 0 aliphatic carbocycles. The van der Waals surface area contributed by atoms with Gasteiger partial charge in [-0.15, -0.1) is 0 Å². The first-order chi connectivity index (χ1) is 7.63. The van der Waals surface area contributed by atoms with E-state index >= 15 is 0 Å². The van der Waals surface area contributed by atoms with Crippen molar-refractivity contribution in [3.63, 3.8) is 0 Å². The first-order valence-electron chi connectivity index (χ1n) is 4.80. The molecule has 2 rings (SSSR count). The Kier molecular flexibility index (Phi) is 2.48. The molecule has 4 nitrogen and oxygen atoms in total. The molecule has 0 spiro atoms. The number of rotatable bonds is 2. The van der Waals surface area contributed by atoms with E-state index in [1.54, 1.807) is 31.5 Å². The zero-order valence-corrected chi connectivity index (χ0v) is 9.02. The van der Waals surface area contributed by atoms with Gasteiger partial charge in [-0.2, -0.15) is 0 Å². The van der Waals surface area contributed by atoms with Crippen LogP contribution in [-0.2, 0) is 0 Å². The van der Waals surface area contributed by atoms with E-state index in [0.717, 1.165) is 16.5 Å². The minimum atomic E-state index is -0.948. The molecule has 1 aromatic carbocycles. The number of hydrogen-bond donors (Lipinski definition) is 1. The van der Waals surface area contributed by atoms with Crippen molar-refractivity contribution in [2.24, 2.45) is 0 Å². The summed E-state index contributed by atoms with van der Waals surface area (Å²) in [6.45, 7) is 1.83. The van der Waals surface area contributed by atoms with Gasteiger partial charge in [0.1, 0.15) is 5.75 Å². The monoisotopic (exact) mass is 217 g/mol. The Bertz CT molecular complexity index is 563. The van der Waals surface area contributed by atoms with Crippen LogP contribution in [0, 0.1) is 6.92 Å². The topological polar surface area (TPSA) is 59.4 Å². The molecule has 0 amide bonds. The molecule has 82 valence electrons. The molecule has 4 heteroatoms. The predicted octanol–water partition coefficient (Wildman–Crippen LogP) is 2.25. The maximum absolute atomic E-state index is 10.9. The lowest BCUT2D eigenvalue weighted by molar-refractivity contribution is 0.0697. The van der Waals surface area contributed by atoms with Crippen LogP contribution in [0.4, 0.5) is 0 Å². The van der Waals surface area contributed by atoms with Gasteiger partial charge in [-0.3, -0.25) is 4.98 Å². The highest BCUT2D eigenvalue weighted by atomic mass is 16.5. The van der Waals surface area contributed by atoms with Crippen LogP contribution in [0.1, 0.15) is 15.9 Å². The van der Waals surface area contributed by atoms with Crippen molar-refractivity contribution in [3.05, 3.63) is 35.5 Å². The number of aromatic carboxylic acids is 1. The summed E-state index contributed by atoms with van der Waals surface area (Å²) in [5, 5.41) is 9.70. The zero-order valence-electron chi connectivity index (χ0n) is 9.02. The Morgan fingerprint density at radius 1 is 1.44 bits per heavy atom. The fraction of sp³-hybridized carbons (Fsp3) is 0.167. The van der Waals surface area contributed by atoms with Gasteiger partial charge in [0.15, 0.2) is 0 Å². The van der Waals surface area contributed by atoms with Crippen molar-refractivity contribution < 1.29 is 14.6 Å². The summed E-state index contributed by atoms with van der Waals surface area (Å²) in [5.74, 6) is -0.313. The van der Waals surface area contributed by atoms with Crippen molar-refractivity contribution in [1.29, 1.82) is 0 Å². The van der Waals surface area contributed by atoms with E-state index in [2.05, 4.69) is 4.98 Å². The van der Waals surface area contributed by atoms with E-state index in [-0.39, 0.29) is 5.56 Å². The largest absolute Gasteiger partial charge is 0.496 e. The van der Waals surface area contributed by atoms with Gasteiger partial charge in [0.05, 0.1) is 18.2 Å². The Morgan fingerprint density at radius 3 is 2.81 bits per heavy atom. The van der Waals surface area contributed by atoms with Crippen LogP contribution in [0.5, 0.6) is 5.75 Å². The van der Waals surface area contributed by atoms with E-state index in [1.807, 2.05) is 6.92 Å². The number of methoxy groups -OCH3 is 1. The molecular formula is C12H11NO3. The number of pyridine rings is 1. The third-order valence-corrected chi connectivity index (χ3v) is 2.46. The molecule has 2 aromatic rings. The molecule has 16 heavy (non-hydrogen) atoms. The fourth-order valence-corrected chi connectivity index (χ4v) is 1.71. The van der Waals surface area contributed by atoms with E-state index < -0.39 is 5.97 Å². The second-order valence-electron chi connectivity index (χ2n) is 3.51. The number of hydrogen-bond acceptors (Lipinski definition) is 3. The number of benzene rings is 1. The maximum atomic E-state index is 10.9. The summed E-state index contributed by atoms with van der Waals surface area (Å²) in [7, 11) is 1.55. The number of aromatic nitrogens is 1. The molecule has 0 aliphatic rings. The summed E-state index contributed by atoms with van der Waals surface area (Å²) >= 11 is 0. The zero-order chi connectivity index (χ0) is 11.7. The van der Waals surface area contributed by atoms with Gasteiger partial charge < -0.3 is 9.84 Å². The second-order valence-corrected chi connectivity index (χ2v) is 3.51. The Hall–Kier alpha value is -2.10. The lowest BCUT2D eigenvalue weighted by atomic mass is 10.1. The predicted molar refractivity (Wildman–Crippen MR) is 60.0 cm³/mol. The average molecular weight is 217 g/mol. The van der Waals surface area contributed by atoms with Crippen LogP contribution >= 0.6 is 0 Å². The van der Waals surface area contributed by atoms with Crippen molar-refractivity contribution in [2.45, 2.75) is 6.92 Å². The first-order valence-corrected chi connectivity index (χ1v) is 4.80. The normalized spacial score (nSPS) is 10.4. The van der Waals surface area contributed by atoms with Gasteiger partial charge in [-0.25, -0.2) is 4.79 Å². The highest BCUT2D eigenvalue weighted by Crippen LogP contribution is 2.27. The van der Waals surface area contributed by atoms with Crippen molar-refractivity contribution in [2.75, 3.05) is 7.11 Å². The van der Waals surface area contributed by atoms with Crippen molar-refractivity contribution in [3.8, 4) is 5.75 Å². The fourth-order valence-electron chi connectivity index (χ4n) is 1.71. The number of carboxylic acid groups (broad SMARTS) is 1. The minimum Gasteiger partial charge on any atom is -0.496 e. The number of carbonyl (C=O) groups is 1. The summed E-state index contributed by atoms with van der Waals surface area (Å²) < 4.78 is 5.18. The molecule has 1 N–H and O–H groups in total. The van der Waals surface area contributed by atoms with Gasteiger partial charge in [0.2, 0.25) is 0 Å². The van der Waals surface area contributed by atoms with Crippen LogP contribution in [0.25, 0.3) is 10.9 Å². The van der Waals surface area contributed by atoms with Gasteiger partial charge in [0, 0.05) is 11.6 Å². The number of nitrogens with zero attached hydrogens (tertiary/aromatic N) is 1. The summed E-state index contributed by atoms with van der Waals surface area (Å²) in [4.78, 5) is 15.2. The summed E-state index contributed by atoms with van der Waals surface area (Å²) in [5.41, 5.74) is 1.84. The molecule has 0 unspecified atom stereocenters. The van der Waals surface area contributed by atoms with Crippen LogP contribution in [-0.4, -0.2) is 23.2 Å². The van der Waals surface area contributed by atoms with Gasteiger partial charge in [-0.05, 0) is 30.7 Å². The molecule has 0 saturated carbocycles. The molecule has 0 bridgehead atoms. The quantitative estimate of drug-likeness (QED) is 0.838. The van der Waals surface area contributed by atoms with Gasteiger partial charge >= 0.3 is 5.97 Å².